The molecule has 0 bridgehead atoms. The Labute approximate surface area is 115 Å². The van der Waals surface area contributed by atoms with E-state index in [9.17, 15) is 0 Å². The summed E-state index contributed by atoms with van der Waals surface area (Å²) in [5.74, 6) is 0. The largest absolute Gasteiger partial charge is 2.00 e. The Hall–Kier alpha value is -0.677. The first-order valence-electron chi connectivity index (χ1n) is 1.31. The van der Waals surface area contributed by atoms with Crippen molar-refractivity contribution < 1.29 is 36.5 Å². The van der Waals surface area contributed by atoms with E-state index in [2.05, 4.69) is 0 Å². The van der Waals surface area contributed by atoms with Crippen molar-refractivity contribution >= 4 is 22.6 Å². The van der Waals surface area contributed by atoms with Crippen LogP contribution < -0.4 is 0 Å². The average molecular weight is 386 g/mol. The van der Waals surface area contributed by atoms with Gasteiger partial charge in [0.05, 0.1) is 22.6 Å². The van der Waals surface area contributed by atoms with Gasteiger partial charge in [-0.3, -0.25) is 0 Å². The third-order valence-electron chi connectivity index (χ3n) is 0. The molecule has 0 aromatic heterocycles. The van der Waals surface area contributed by atoms with E-state index in [0.717, 1.165) is 0 Å². The number of hydrogen-bond donors (Lipinski definition) is 0. The van der Waals surface area contributed by atoms with Gasteiger partial charge in [-0.1, -0.05) is 0 Å². The first-order valence-corrected chi connectivity index (χ1v) is 2.39. The number of hydrogen-bond acceptors (Lipinski definition) is 5. The number of nitrogens with zero attached hydrogens (tertiary/aromatic N) is 5. The van der Waals surface area contributed by atoms with Gasteiger partial charge in [-0.05, 0) is 0 Å². The second kappa shape index (κ2) is 11600. The Morgan fingerprint density at radius 1 is 0.769 bits per heavy atom. The fourth-order valence-electron chi connectivity index (χ4n) is 0. The molecule has 5 nitrogen and oxygen atoms in total. The van der Waals surface area contributed by atoms with Crippen LogP contribution in [-0.2, 0) is 36.5 Å². The van der Waals surface area contributed by atoms with E-state index in [0.29, 0.717) is 0 Å². The molecule has 1 radical (unpaired) electrons. The van der Waals surface area contributed by atoms with Crippen LogP contribution in [0, 0.1) is 56.7 Å². The van der Waals surface area contributed by atoms with Crippen molar-refractivity contribution in [1.29, 1.82) is 26.3 Å². The van der Waals surface area contributed by atoms with Gasteiger partial charge in [0.15, 0.2) is 0 Å². The molecule has 13 heavy (non-hydrogen) atoms. The van der Waals surface area contributed by atoms with Crippen molar-refractivity contribution in [1.82, 2.24) is 0 Å². The SMILES string of the molecule is N#CI.[C-]#N.[C-]#N.[C-]#N.[C-]#N.[Cu+2].[Zn+2]. The third-order valence-corrected chi connectivity index (χ3v) is 0. The van der Waals surface area contributed by atoms with Crippen molar-refractivity contribution in [3.63, 3.8) is 0 Å². The van der Waals surface area contributed by atoms with E-state index in [1.165, 1.54) is 0 Å². The molecule has 0 atom stereocenters. The minimum Gasteiger partial charge on any atom is -0.512 e. The van der Waals surface area contributed by atoms with Crippen LogP contribution in [0.2, 0.25) is 0 Å². The monoisotopic (exact) mass is 384 g/mol. The fraction of sp³-hybridized carbons (Fsp3) is 0. The van der Waals surface area contributed by atoms with Crippen molar-refractivity contribution in [3.05, 3.63) is 26.3 Å². The van der Waals surface area contributed by atoms with E-state index >= 15 is 0 Å². The summed E-state index contributed by atoms with van der Waals surface area (Å²) < 4.78 is 1.72. The van der Waals surface area contributed by atoms with Gasteiger partial charge in [0, 0.05) is 0 Å². The van der Waals surface area contributed by atoms with Crippen LogP contribution in [0.15, 0.2) is 0 Å². The summed E-state index contributed by atoms with van der Waals surface area (Å²) >= 11 is 1.59. The second-order valence-electron chi connectivity index (χ2n) is 0.0845. The van der Waals surface area contributed by atoms with Crippen molar-refractivity contribution in [3.8, 4) is 4.08 Å². The average Bonchev–Trinajstić information content (AvgIpc) is 2.18. The second-order valence-corrected chi connectivity index (χ2v) is 0.567. The topological polar surface area (TPSA) is 119 Å². The summed E-state index contributed by atoms with van der Waals surface area (Å²) in [7, 11) is 0. The molecule has 0 spiro atoms. The molecule has 65 valence electrons. The van der Waals surface area contributed by atoms with Gasteiger partial charge >= 0.3 is 36.5 Å². The van der Waals surface area contributed by atoms with Crippen molar-refractivity contribution in [2.75, 3.05) is 0 Å². The Kier molecular flexibility index (Phi) is 49700. The van der Waals surface area contributed by atoms with E-state index in [-0.39, 0.29) is 36.5 Å². The molecule has 0 fully saturated rings. The summed E-state index contributed by atoms with van der Waals surface area (Å²) in [6, 6.07) is 0. The predicted molar refractivity (Wildman–Crippen MR) is 39.5 cm³/mol. The van der Waals surface area contributed by atoms with Crippen LogP contribution in [-0.4, -0.2) is 0 Å². The van der Waals surface area contributed by atoms with E-state index < -0.39 is 0 Å². The summed E-state index contributed by atoms with van der Waals surface area (Å²) in [6.07, 6.45) is 0. The Morgan fingerprint density at radius 2 is 0.769 bits per heavy atom. The van der Waals surface area contributed by atoms with Crippen LogP contribution in [0.25, 0.3) is 0 Å². The van der Waals surface area contributed by atoms with Gasteiger partial charge in [-0.25, -0.2) is 0 Å². The zero-order valence-electron chi connectivity index (χ0n) is 6.12. The van der Waals surface area contributed by atoms with Crippen LogP contribution in [0.1, 0.15) is 0 Å². The molecule has 0 rings (SSSR count). The molecule has 0 aliphatic carbocycles. The Balaban J connectivity index is -0.00000000676. The summed E-state index contributed by atoms with van der Waals surface area (Å²) in [4.78, 5) is 0. The summed E-state index contributed by atoms with van der Waals surface area (Å²) in [6.45, 7) is 19.0. The molecule has 0 aliphatic heterocycles. The normalized spacial score (nSPS) is 1.23. The van der Waals surface area contributed by atoms with Crippen LogP contribution in [0.4, 0.5) is 0 Å². The summed E-state index contributed by atoms with van der Waals surface area (Å²) in [5, 5.41) is 32.3. The van der Waals surface area contributed by atoms with Gasteiger partial charge in [0.2, 0.25) is 0 Å². The smallest absolute Gasteiger partial charge is 0.512 e. The standard InChI is InChI=1S/CIN.4CN.Cu.Zn/c2-1-3;4*1-2;;/q;4*-1;2*+2. The van der Waals surface area contributed by atoms with Crippen LogP contribution >= 0.6 is 22.6 Å². The van der Waals surface area contributed by atoms with Crippen LogP contribution in [0.5, 0.6) is 0 Å². The Bertz CT molecular complexity index is 122. The van der Waals surface area contributed by atoms with E-state index in [1.807, 2.05) is 0 Å². The molecular weight excluding hydrogens is 386 g/mol. The molecule has 0 amide bonds. The van der Waals surface area contributed by atoms with Gasteiger partial charge in [0.25, 0.3) is 0 Å². The summed E-state index contributed by atoms with van der Waals surface area (Å²) in [5.41, 5.74) is 0. The van der Waals surface area contributed by atoms with E-state index in [1.54, 1.807) is 26.7 Å². The molecule has 0 heterocycles. The first-order chi connectivity index (χ1) is 5.41. The number of rotatable bonds is 0. The molecule has 0 unspecified atom stereocenters. The molecule has 0 N–H and O–H groups in total. The van der Waals surface area contributed by atoms with Crippen molar-refractivity contribution in [2.45, 2.75) is 0 Å². The maximum atomic E-state index is 7.31. The molecule has 0 saturated heterocycles. The molecular formula is C5CuIN5Zn. The molecule has 8 heteroatoms. The fourth-order valence-corrected chi connectivity index (χ4v) is 0. The maximum Gasteiger partial charge on any atom is 2.00 e. The van der Waals surface area contributed by atoms with Crippen molar-refractivity contribution in [2.24, 2.45) is 0 Å². The molecule has 0 saturated carbocycles. The number of nitriles is 1. The van der Waals surface area contributed by atoms with Gasteiger partial charge < -0.3 is 47.3 Å². The predicted octanol–water partition coefficient (Wildman–Crippen LogP) is 1.28. The van der Waals surface area contributed by atoms with Gasteiger partial charge in [-0.15, -0.1) is 0 Å². The van der Waals surface area contributed by atoms with E-state index in [4.69, 9.17) is 52.6 Å². The van der Waals surface area contributed by atoms with Crippen LogP contribution in [0.3, 0.4) is 0 Å². The molecule has 0 aromatic rings. The van der Waals surface area contributed by atoms with Gasteiger partial charge in [-0.2, -0.15) is 5.26 Å². The Morgan fingerprint density at radius 3 is 0.769 bits per heavy atom. The zero-order chi connectivity index (χ0) is 10.7. The minimum atomic E-state index is 0. The first kappa shape index (κ1) is 55.8. The molecule has 0 aliphatic rings. The maximum absolute atomic E-state index is 7.31. The molecule has 0 aromatic carbocycles. The quantitative estimate of drug-likeness (QED) is 0.353. The minimum absolute atomic E-state index is 0. The number of halogens is 1. The third kappa shape index (κ3) is 2150. The van der Waals surface area contributed by atoms with Gasteiger partial charge in [0.1, 0.15) is 4.08 Å². The zero-order valence-corrected chi connectivity index (χ0v) is 12.2.